The highest BCUT2D eigenvalue weighted by molar-refractivity contribution is 5.98. The maximum atomic E-state index is 12.9. The van der Waals surface area contributed by atoms with Crippen LogP contribution in [-0.2, 0) is 21.9 Å². The van der Waals surface area contributed by atoms with Gasteiger partial charge in [0, 0.05) is 0 Å². The van der Waals surface area contributed by atoms with Gasteiger partial charge in [-0.15, -0.1) is 0 Å². The molecule has 1 unspecified atom stereocenters. The van der Waals surface area contributed by atoms with Crippen LogP contribution in [0.4, 0.5) is 26.3 Å². The zero-order chi connectivity index (χ0) is 18.7. The predicted molar refractivity (Wildman–Crippen MR) is 70.0 cm³/mol. The molecule has 1 aromatic carbocycles. The fourth-order valence-electron chi connectivity index (χ4n) is 1.76. The summed E-state index contributed by atoms with van der Waals surface area (Å²) in [7, 11) is 0. The fraction of sp³-hybridized carbons (Fsp3) is 0.429. The van der Waals surface area contributed by atoms with Gasteiger partial charge in [0.25, 0.3) is 5.91 Å². The second kappa shape index (κ2) is 7.10. The van der Waals surface area contributed by atoms with Crippen molar-refractivity contribution in [2.24, 2.45) is 0 Å². The molecule has 1 N–H and O–H groups in total. The van der Waals surface area contributed by atoms with Crippen molar-refractivity contribution in [3.63, 3.8) is 0 Å². The van der Waals surface area contributed by atoms with Crippen molar-refractivity contribution in [3.05, 3.63) is 34.9 Å². The van der Waals surface area contributed by atoms with Crippen LogP contribution in [0.1, 0.15) is 35.3 Å². The Hall–Kier alpha value is -2.26. The molecular weight excluding hydrogens is 344 g/mol. The number of hydrogen-bond acceptors (Lipinski definition) is 3. The summed E-state index contributed by atoms with van der Waals surface area (Å²) in [6, 6.07) is -0.829. The minimum Gasteiger partial charge on any atom is -0.464 e. The molecule has 0 fully saturated rings. The molecular formula is C14H13F6NO3. The van der Waals surface area contributed by atoms with Gasteiger partial charge in [-0.3, -0.25) is 4.79 Å². The lowest BCUT2D eigenvalue weighted by Gasteiger charge is -2.17. The minimum atomic E-state index is -5.04. The van der Waals surface area contributed by atoms with Gasteiger partial charge in [0.2, 0.25) is 0 Å². The molecule has 0 bridgehead atoms. The zero-order valence-corrected chi connectivity index (χ0v) is 12.5. The average molecular weight is 357 g/mol. The number of rotatable bonds is 4. The average Bonchev–Trinajstić information content (AvgIpc) is 2.44. The standard InChI is InChI=1S/C14H13F6NO3/c1-3-24-12(23)7(2)21-11(22)9-6-8(13(15,16)17)4-5-10(9)14(18,19)20/h4-7H,3H2,1-2H3,(H,21,22). The molecule has 24 heavy (non-hydrogen) atoms. The maximum Gasteiger partial charge on any atom is 0.417 e. The Morgan fingerprint density at radius 2 is 1.71 bits per heavy atom. The monoisotopic (exact) mass is 357 g/mol. The van der Waals surface area contributed by atoms with E-state index in [0.29, 0.717) is 0 Å². The molecule has 1 aromatic rings. The summed E-state index contributed by atoms with van der Waals surface area (Å²) in [6.45, 7) is 2.58. The SMILES string of the molecule is CCOC(=O)C(C)NC(=O)c1cc(C(F)(F)F)ccc1C(F)(F)F. The van der Waals surface area contributed by atoms with Crippen LogP contribution in [0.2, 0.25) is 0 Å². The first kappa shape index (κ1) is 19.8. The van der Waals surface area contributed by atoms with Crippen molar-refractivity contribution in [2.75, 3.05) is 6.61 Å². The van der Waals surface area contributed by atoms with E-state index in [1.807, 2.05) is 5.32 Å². The van der Waals surface area contributed by atoms with Crippen molar-refractivity contribution >= 4 is 11.9 Å². The number of nitrogens with one attached hydrogen (secondary N) is 1. The largest absolute Gasteiger partial charge is 0.464 e. The number of hydrogen-bond donors (Lipinski definition) is 1. The summed E-state index contributed by atoms with van der Waals surface area (Å²) in [5, 5.41) is 1.89. The lowest BCUT2D eigenvalue weighted by atomic mass is 10.0. The summed E-state index contributed by atoms with van der Waals surface area (Å²) in [6.07, 6.45) is -9.96. The van der Waals surface area contributed by atoms with Crippen LogP contribution in [0, 0.1) is 0 Å². The summed E-state index contributed by atoms with van der Waals surface area (Å²) < 4.78 is 81.3. The van der Waals surface area contributed by atoms with E-state index in [1.54, 1.807) is 0 Å². The van der Waals surface area contributed by atoms with Crippen molar-refractivity contribution in [1.29, 1.82) is 0 Å². The Morgan fingerprint density at radius 1 is 1.12 bits per heavy atom. The van der Waals surface area contributed by atoms with Gasteiger partial charge in [-0.2, -0.15) is 26.3 Å². The van der Waals surface area contributed by atoms with E-state index >= 15 is 0 Å². The molecule has 0 saturated carbocycles. The van der Waals surface area contributed by atoms with Gasteiger partial charge in [0.1, 0.15) is 6.04 Å². The Bertz CT molecular complexity index is 624. The molecule has 0 heterocycles. The van der Waals surface area contributed by atoms with Gasteiger partial charge in [0.15, 0.2) is 0 Å². The fourth-order valence-corrected chi connectivity index (χ4v) is 1.76. The first-order valence-electron chi connectivity index (χ1n) is 6.63. The van der Waals surface area contributed by atoms with Crippen LogP contribution < -0.4 is 5.32 Å². The van der Waals surface area contributed by atoms with E-state index in [4.69, 9.17) is 0 Å². The number of carbonyl (C=O) groups excluding carboxylic acids is 2. The highest BCUT2D eigenvalue weighted by atomic mass is 19.4. The molecule has 0 saturated heterocycles. The van der Waals surface area contributed by atoms with E-state index in [-0.39, 0.29) is 24.8 Å². The van der Waals surface area contributed by atoms with Crippen LogP contribution in [0.15, 0.2) is 18.2 Å². The normalized spacial score (nSPS) is 13.3. The first-order chi connectivity index (χ1) is 10.9. The zero-order valence-electron chi connectivity index (χ0n) is 12.5. The van der Waals surface area contributed by atoms with E-state index < -0.39 is 47.0 Å². The quantitative estimate of drug-likeness (QED) is 0.664. The van der Waals surface area contributed by atoms with Gasteiger partial charge in [-0.25, -0.2) is 4.79 Å². The molecule has 0 radical (unpaired) electrons. The summed E-state index contributed by atoms with van der Waals surface area (Å²) >= 11 is 0. The van der Waals surface area contributed by atoms with Crippen LogP contribution in [0.5, 0.6) is 0 Å². The Balaban J connectivity index is 3.23. The molecule has 0 aromatic heterocycles. The van der Waals surface area contributed by atoms with E-state index in [1.165, 1.54) is 6.92 Å². The maximum absolute atomic E-state index is 12.9. The first-order valence-corrected chi connectivity index (χ1v) is 6.63. The van der Waals surface area contributed by atoms with Crippen molar-refractivity contribution < 1.29 is 40.7 Å². The Labute approximate surface area is 132 Å². The second-order valence-electron chi connectivity index (χ2n) is 4.70. The van der Waals surface area contributed by atoms with Gasteiger partial charge < -0.3 is 10.1 Å². The Kier molecular flexibility index (Phi) is 5.85. The van der Waals surface area contributed by atoms with E-state index in [9.17, 15) is 35.9 Å². The molecule has 4 nitrogen and oxygen atoms in total. The molecule has 1 amide bonds. The second-order valence-corrected chi connectivity index (χ2v) is 4.70. The molecule has 0 spiro atoms. The summed E-state index contributed by atoms with van der Waals surface area (Å²) in [5.41, 5.74) is -4.18. The van der Waals surface area contributed by atoms with Crippen molar-refractivity contribution in [2.45, 2.75) is 32.2 Å². The molecule has 1 rings (SSSR count). The van der Waals surface area contributed by atoms with Crippen LogP contribution in [-0.4, -0.2) is 24.5 Å². The molecule has 134 valence electrons. The number of carbonyl (C=O) groups is 2. The number of alkyl halides is 6. The van der Waals surface area contributed by atoms with Crippen LogP contribution >= 0.6 is 0 Å². The van der Waals surface area contributed by atoms with E-state index in [2.05, 4.69) is 4.74 Å². The van der Waals surface area contributed by atoms with Crippen LogP contribution in [0.3, 0.4) is 0 Å². The molecule has 0 aliphatic rings. The summed E-state index contributed by atoms with van der Waals surface area (Å²) in [5.74, 6) is -2.39. The van der Waals surface area contributed by atoms with Gasteiger partial charge in [-0.05, 0) is 32.0 Å². The number of esters is 1. The highest BCUT2D eigenvalue weighted by Crippen LogP contribution is 2.36. The number of ether oxygens (including phenoxy) is 1. The third-order valence-corrected chi connectivity index (χ3v) is 2.88. The van der Waals surface area contributed by atoms with Crippen molar-refractivity contribution in [3.8, 4) is 0 Å². The van der Waals surface area contributed by atoms with E-state index in [0.717, 1.165) is 6.92 Å². The number of halogens is 6. The lowest BCUT2D eigenvalue weighted by molar-refractivity contribution is -0.145. The van der Waals surface area contributed by atoms with Crippen molar-refractivity contribution in [1.82, 2.24) is 5.32 Å². The topological polar surface area (TPSA) is 55.4 Å². The molecule has 0 aliphatic carbocycles. The minimum absolute atomic E-state index is 0.0313. The molecule has 0 aliphatic heterocycles. The lowest BCUT2D eigenvalue weighted by Crippen LogP contribution is -2.40. The smallest absolute Gasteiger partial charge is 0.417 e. The number of benzene rings is 1. The Morgan fingerprint density at radius 3 is 2.17 bits per heavy atom. The third-order valence-electron chi connectivity index (χ3n) is 2.88. The predicted octanol–water partition coefficient (Wildman–Crippen LogP) is 3.41. The van der Waals surface area contributed by atoms with Crippen LogP contribution in [0.25, 0.3) is 0 Å². The van der Waals surface area contributed by atoms with Gasteiger partial charge in [-0.1, -0.05) is 0 Å². The number of amides is 1. The summed E-state index contributed by atoms with van der Waals surface area (Å²) in [4.78, 5) is 23.3. The highest BCUT2D eigenvalue weighted by Gasteiger charge is 2.39. The molecule has 1 atom stereocenters. The third kappa shape index (κ3) is 4.87. The molecule has 10 heteroatoms. The van der Waals surface area contributed by atoms with Gasteiger partial charge >= 0.3 is 18.3 Å². The van der Waals surface area contributed by atoms with Gasteiger partial charge in [0.05, 0.1) is 23.3 Å².